The summed E-state index contributed by atoms with van der Waals surface area (Å²) in [4.78, 5) is 6.11. The number of aliphatic hydroxyl groups is 1. The molecular formula is C15H15N3O. The van der Waals surface area contributed by atoms with E-state index in [0.29, 0.717) is 11.3 Å². The number of rotatable bonds is 3. The lowest BCUT2D eigenvalue weighted by molar-refractivity contribution is 0.194. The molecule has 1 N–H and O–H groups in total. The predicted molar refractivity (Wildman–Crippen MR) is 74.1 cm³/mol. The van der Waals surface area contributed by atoms with Crippen molar-refractivity contribution in [3.8, 4) is 6.07 Å². The van der Waals surface area contributed by atoms with Crippen LogP contribution in [0.15, 0.2) is 42.6 Å². The molecule has 4 heteroatoms. The van der Waals surface area contributed by atoms with Gasteiger partial charge in [0.15, 0.2) is 0 Å². The van der Waals surface area contributed by atoms with E-state index in [-0.39, 0.29) is 0 Å². The normalized spacial score (nSPS) is 11.7. The lowest BCUT2D eigenvalue weighted by Crippen LogP contribution is -2.11. The lowest BCUT2D eigenvalue weighted by Gasteiger charge is -2.20. The monoisotopic (exact) mass is 253 g/mol. The summed E-state index contributed by atoms with van der Waals surface area (Å²) >= 11 is 0. The van der Waals surface area contributed by atoms with Crippen molar-refractivity contribution in [2.75, 3.05) is 11.9 Å². The van der Waals surface area contributed by atoms with Gasteiger partial charge in [-0.15, -0.1) is 0 Å². The standard InChI is InChI=1S/C15H15N3O/c1-11(19)14-8-7-13(10-17-14)18(2)15-6-4-3-5-12(15)9-16/h3-8,10-11,19H,1-2H3. The summed E-state index contributed by atoms with van der Waals surface area (Å²) in [5, 5.41) is 18.5. The van der Waals surface area contributed by atoms with Gasteiger partial charge in [-0.3, -0.25) is 4.98 Å². The quantitative estimate of drug-likeness (QED) is 0.913. The first-order valence-electron chi connectivity index (χ1n) is 6.00. The highest BCUT2D eigenvalue weighted by Crippen LogP contribution is 2.26. The fraction of sp³-hybridized carbons (Fsp3) is 0.200. The topological polar surface area (TPSA) is 60.1 Å². The maximum absolute atomic E-state index is 9.43. The molecule has 0 radical (unpaired) electrons. The molecule has 0 aliphatic rings. The Morgan fingerprint density at radius 1 is 1.26 bits per heavy atom. The summed E-state index contributed by atoms with van der Waals surface area (Å²) in [6.45, 7) is 1.68. The highest BCUT2D eigenvalue weighted by atomic mass is 16.3. The molecule has 1 heterocycles. The number of anilines is 2. The highest BCUT2D eigenvalue weighted by Gasteiger charge is 2.09. The van der Waals surface area contributed by atoms with Crippen LogP contribution < -0.4 is 4.90 Å². The van der Waals surface area contributed by atoms with Crippen LogP contribution in [0.1, 0.15) is 24.3 Å². The average Bonchev–Trinajstić information content (AvgIpc) is 2.46. The van der Waals surface area contributed by atoms with Gasteiger partial charge in [-0.25, -0.2) is 0 Å². The van der Waals surface area contributed by atoms with E-state index in [2.05, 4.69) is 11.1 Å². The van der Waals surface area contributed by atoms with Crippen LogP contribution in [0.3, 0.4) is 0 Å². The van der Waals surface area contributed by atoms with Crippen molar-refractivity contribution in [3.63, 3.8) is 0 Å². The molecule has 96 valence electrons. The van der Waals surface area contributed by atoms with Gasteiger partial charge < -0.3 is 10.0 Å². The van der Waals surface area contributed by atoms with E-state index >= 15 is 0 Å². The van der Waals surface area contributed by atoms with E-state index in [1.807, 2.05) is 36.2 Å². The average molecular weight is 253 g/mol. The Kier molecular flexibility index (Phi) is 3.79. The number of para-hydroxylation sites is 1. The van der Waals surface area contributed by atoms with Gasteiger partial charge in [0, 0.05) is 7.05 Å². The molecular weight excluding hydrogens is 238 g/mol. The zero-order chi connectivity index (χ0) is 13.8. The van der Waals surface area contributed by atoms with Crippen molar-refractivity contribution < 1.29 is 5.11 Å². The zero-order valence-corrected chi connectivity index (χ0v) is 10.9. The lowest BCUT2D eigenvalue weighted by atomic mass is 10.1. The van der Waals surface area contributed by atoms with Crippen molar-refractivity contribution in [1.29, 1.82) is 5.26 Å². The molecule has 0 spiro atoms. The van der Waals surface area contributed by atoms with Crippen LogP contribution >= 0.6 is 0 Å². The molecule has 19 heavy (non-hydrogen) atoms. The van der Waals surface area contributed by atoms with E-state index in [4.69, 9.17) is 5.26 Å². The van der Waals surface area contributed by atoms with E-state index in [1.54, 1.807) is 25.3 Å². The molecule has 0 aliphatic carbocycles. The molecule has 0 aliphatic heterocycles. The molecule has 0 saturated carbocycles. The van der Waals surface area contributed by atoms with Gasteiger partial charge in [-0.2, -0.15) is 5.26 Å². The smallest absolute Gasteiger partial charge is 0.101 e. The number of hydrogen-bond acceptors (Lipinski definition) is 4. The number of benzene rings is 1. The van der Waals surface area contributed by atoms with Gasteiger partial charge in [0.2, 0.25) is 0 Å². The molecule has 0 amide bonds. The highest BCUT2D eigenvalue weighted by molar-refractivity contribution is 5.68. The largest absolute Gasteiger partial charge is 0.387 e. The van der Waals surface area contributed by atoms with E-state index in [9.17, 15) is 5.11 Å². The second-order valence-corrected chi connectivity index (χ2v) is 4.31. The fourth-order valence-electron chi connectivity index (χ4n) is 1.84. The summed E-state index contributed by atoms with van der Waals surface area (Å²) < 4.78 is 0. The molecule has 1 unspecified atom stereocenters. The van der Waals surface area contributed by atoms with E-state index in [1.165, 1.54) is 0 Å². The second kappa shape index (κ2) is 5.51. The maximum atomic E-state index is 9.43. The van der Waals surface area contributed by atoms with Crippen molar-refractivity contribution in [3.05, 3.63) is 53.9 Å². The molecule has 0 bridgehead atoms. The number of aromatic nitrogens is 1. The third-order valence-corrected chi connectivity index (χ3v) is 2.97. The first kappa shape index (κ1) is 13.1. The Bertz CT molecular complexity index is 600. The molecule has 1 atom stereocenters. The number of nitrogens with zero attached hydrogens (tertiary/aromatic N) is 3. The minimum absolute atomic E-state index is 0.578. The van der Waals surface area contributed by atoms with Crippen LogP contribution in [-0.2, 0) is 0 Å². The third-order valence-electron chi connectivity index (χ3n) is 2.97. The van der Waals surface area contributed by atoms with Gasteiger partial charge in [-0.05, 0) is 31.2 Å². The maximum Gasteiger partial charge on any atom is 0.101 e. The molecule has 0 saturated heterocycles. The third kappa shape index (κ3) is 2.72. The Hall–Kier alpha value is -2.38. The number of aliphatic hydroxyl groups excluding tert-OH is 1. The van der Waals surface area contributed by atoms with Crippen molar-refractivity contribution in [1.82, 2.24) is 4.98 Å². The van der Waals surface area contributed by atoms with Crippen LogP contribution in [0, 0.1) is 11.3 Å². The van der Waals surface area contributed by atoms with Crippen LogP contribution in [-0.4, -0.2) is 17.1 Å². The number of pyridine rings is 1. The van der Waals surface area contributed by atoms with Crippen LogP contribution in [0.4, 0.5) is 11.4 Å². The summed E-state index contributed by atoms with van der Waals surface area (Å²) in [6.07, 6.45) is 1.11. The fourth-order valence-corrected chi connectivity index (χ4v) is 1.84. The Labute approximate surface area is 112 Å². The Balaban J connectivity index is 2.34. The van der Waals surface area contributed by atoms with Crippen molar-refractivity contribution >= 4 is 11.4 Å². The summed E-state index contributed by atoms with van der Waals surface area (Å²) in [5.74, 6) is 0. The first-order valence-corrected chi connectivity index (χ1v) is 6.00. The summed E-state index contributed by atoms with van der Waals surface area (Å²) in [5.41, 5.74) is 2.94. The molecule has 4 nitrogen and oxygen atoms in total. The predicted octanol–water partition coefficient (Wildman–Crippen LogP) is 2.77. The number of nitriles is 1. The van der Waals surface area contributed by atoms with Crippen molar-refractivity contribution in [2.24, 2.45) is 0 Å². The summed E-state index contributed by atoms with van der Waals surface area (Å²) in [7, 11) is 1.88. The summed E-state index contributed by atoms with van der Waals surface area (Å²) in [6, 6.07) is 13.2. The van der Waals surface area contributed by atoms with Gasteiger partial charge in [0.25, 0.3) is 0 Å². The van der Waals surface area contributed by atoms with E-state index in [0.717, 1.165) is 11.4 Å². The molecule has 0 fully saturated rings. The van der Waals surface area contributed by atoms with Crippen LogP contribution in [0.5, 0.6) is 0 Å². The molecule has 2 aromatic rings. The minimum Gasteiger partial charge on any atom is -0.387 e. The Morgan fingerprint density at radius 3 is 2.58 bits per heavy atom. The van der Waals surface area contributed by atoms with Crippen LogP contribution in [0.2, 0.25) is 0 Å². The molecule has 2 rings (SSSR count). The van der Waals surface area contributed by atoms with Crippen molar-refractivity contribution in [2.45, 2.75) is 13.0 Å². The molecule has 1 aromatic heterocycles. The SMILES string of the molecule is CC(O)c1ccc(N(C)c2ccccc2C#N)cn1. The van der Waals surface area contributed by atoms with Gasteiger partial charge in [0.05, 0.1) is 34.9 Å². The number of hydrogen-bond donors (Lipinski definition) is 1. The Morgan fingerprint density at radius 2 is 2.00 bits per heavy atom. The minimum atomic E-state index is -0.578. The zero-order valence-electron chi connectivity index (χ0n) is 10.9. The molecule has 1 aromatic carbocycles. The van der Waals surface area contributed by atoms with Gasteiger partial charge in [0.1, 0.15) is 6.07 Å². The van der Waals surface area contributed by atoms with Gasteiger partial charge >= 0.3 is 0 Å². The van der Waals surface area contributed by atoms with Gasteiger partial charge in [-0.1, -0.05) is 12.1 Å². The van der Waals surface area contributed by atoms with Crippen LogP contribution in [0.25, 0.3) is 0 Å². The first-order chi connectivity index (χ1) is 9.13. The second-order valence-electron chi connectivity index (χ2n) is 4.31. The van der Waals surface area contributed by atoms with E-state index < -0.39 is 6.10 Å².